The third-order valence-electron chi connectivity index (χ3n) is 5.33. The SMILES string of the molecule is COCCCN1C(=O)c2[nH]nc(-c3ccc(C)cc3)c2C1c1cccc([N+](=O)[O-])c1. The number of fused-ring (bicyclic) bond motifs is 1. The Bertz CT molecular complexity index is 1090. The fourth-order valence-corrected chi connectivity index (χ4v) is 3.89. The van der Waals surface area contributed by atoms with Gasteiger partial charge < -0.3 is 9.64 Å². The number of carbonyl (C=O) groups excluding carboxylic acids is 1. The van der Waals surface area contributed by atoms with E-state index in [1.165, 1.54) is 12.1 Å². The second-order valence-corrected chi connectivity index (χ2v) is 7.33. The molecule has 8 nitrogen and oxygen atoms in total. The van der Waals surface area contributed by atoms with Gasteiger partial charge in [-0.15, -0.1) is 0 Å². The number of nitrogens with zero attached hydrogens (tertiary/aromatic N) is 3. The lowest BCUT2D eigenvalue weighted by atomic mass is 9.95. The van der Waals surface area contributed by atoms with E-state index in [1.54, 1.807) is 18.1 Å². The van der Waals surface area contributed by atoms with Crippen LogP contribution < -0.4 is 0 Å². The Balaban J connectivity index is 1.83. The summed E-state index contributed by atoms with van der Waals surface area (Å²) in [6.07, 6.45) is 0.658. The smallest absolute Gasteiger partial charge is 0.273 e. The Morgan fingerprint density at radius 1 is 1.23 bits per heavy atom. The van der Waals surface area contributed by atoms with Crippen LogP contribution in [0.1, 0.15) is 39.6 Å². The van der Waals surface area contributed by atoms with E-state index < -0.39 is 11.0 Å². The monoisotopic (exact) mass is 406 g/mol. The van der Waals surface area contributed by atoms with E-state index in [4.69, 9.17) is 4.74 Å². The summed E-state index contributed by atoms with van der Waals surface area (Å²) in [4.78, 5) is 25.8. The predicted octanol–water partition coefficient (Wildman–Crippen LogP) is 3.88. The number of nitro groups is 1. The maximum atomic E-state index is 13.2. The highest BCUT2D eigenvalue weighted by Gasteiger charge is 2.42. The number of ether oxygens (including phenoxy) is 1. The molecule has 1 amide bonds. The Morgan fingerprint density at radius 2 is 2.00 bits per heavy atom. The molecule has 0 spiro atoms. The van der Waals surface area contributed by atoms with Crippen molar-refractivity contribution >= 4 is 11.6 Å². The number of carbonyl (C=O) groups is 1. The molecule has 3 aromatic rings. The van der Waals surface area contributed by atoms with E-state index in [0.717, 1.165) is 16.7 Å². The van der Waals surface area contributed by atoms with Crippen molar-refractivity contribution in [2.75, 3.05) is 20.3 Å². The average molecular weight is 406 g/mol. The molecule has 0 saturated carbocycles. The first-order valence-electron chi connectivity index (χ1n) is 9.71. The lowest BCUT2D eigenvalue weighted by molar-refractivity contribution is -0.384. The number of amides is 1. The molecule has 2 aromatic carbocycles. The van der Waals surface area contributed by atoms with Gasteiger partial charge >= 0.3 is 0 Å². The minimum absolute atomic E-state index is 0.00868. The topological polar surface area (TPSA) is 101 Å². The first-order valence-corrected chi connectivity index (χ1v) is 9.71. The van der Waals surface area contributed by atoms with Gasteiger partial charge in [0.15, 0.2) is 0 Å². The molecule has 0 saturated heterocycles. The maximum absolute atomic E-state index is 13.2. The molecular weight excluding hydrogens is 384 g/mol. The van der Waals surface area contributed by atoms with Gasteiger partial charge in [0.05, 0.1) is 16.7 Å². The lowest BCUT2D eigenvalue weighted by Gasteiger charge is -2.26. The van der Waals surface area contributed by atoms with Crippen LogP contribution in [-0.2, 0) is 4.74 Å². The van der Waals surface area contributed by atoms with Crippen LogP contribution in [0, 0.1) is 17.0 Å². The highest BCUT2D eigenvalue weighted by molar-refractivity contribution is 6.00. The van der Waals surface area contributed by atoms with E-state index in [-0.39, 0.29) is 11.6 Å². The second kappa shape index (κ2) is 8.08. The van der Waals surface area contributed by atoms with E-state index in [2.05, 4.69) is 10.2 Å². The van der Waals surface area contributed by atoms with Crippen molar-refractivity contribution in [3.8, 4) is 11.3 Å². The van der Waals surface area contributed by atoms with Crippen molar-refractivity contribution in [3.05, 3.63) is 81.0 Å². The molecule has 4 rings (SSSR count). The number of hydrogen-bond acceptors (Lipinski definition) is 5. The molecule has 1 unspecified atom stereocenters. The average Bonchev–Trinajstić information content (AvgIpc) is 3.28. The molecule has 0 radical (unpaired) electrons. The first kappa shape index (κ1) is 19.8. The molecule has 1 N–H and O–H groups in total. The first-order chi connectivity index (χ1) is 14.5. The number of aromatic nitrogens is 2. The lowest BCUT2D eigenvalue weighted by Crippen LogP contribution is -2.31. The van der Waals surface area contributed by atoms with Crippen LogP contribution in [0.3, 0.4) is 0 Å². The van der Waals surface area contributed by atoms with Crippen LogP contribution in [0.4, 0.5) is 5.69 Å². The fourth-order valence-electron chi connectivity index (χ4n) is 3.89. The molecular formula is C22H22N4O4. The zero-order valence-corrected chi connectivity index (χ0v) is 16.8. The van der Waals surface area contributed by atoms with Crippen LogP contribution in [0.15, 0.2) is 48.5 Å². The van der Waals surface area contributed by atoms with Gasteiger partial charge in [-0.1, -0.05) is 42.0 Å². The minimum Gasteiger partial charge on any atom is -0.385 e. The van der Waals surface area contributed by atoms with E-state index >= 15 is 0 Å². The Labute approximate surface area is 173 Å². The quantitative estimate of drug-likeness (QED) is 0.365. The van der Waals surface area contributed by atoms with Crippen molar-refractivity contribution in [3.63, 3.8) is 0 Å². The van der Waals surface area contributed by atoms with Gasteiger partial charge in [-0.25, -0.2) is 0 Å². The summed E-state index contributed by atoms with van der Waals surface area (Å²) in [5.41, 5.74) is 4.55. The molecule has 1 aliphatic rings. The predicted molar refractivity (Wildman–Crippen MR) is 111 cm³/mol. The summed E-state index contributed by atoms with van der Waals surface area (Å²) in [6.45, 7) is 2.99. The zero-order chi connectivity index (χ0) is 21.3. The zero-order valence-electron chi connectivity index (χ0n) is 16.8. The van der Waals surface area contributed by atoms with Crippen LogP contribution >= 0.6 is 0 Å². The van der Waals surface area contributed by atoms with Crippen LogP contribution in [-0.4, -0.2) is 46.2 Å². The highest BCUT2D eigenvalue weighted by Crippen LogP contribution is 2.43. The summed E-state index contributed by atoms with van der Waals surface area (Å²) in [6, 6.07) is 13.9. The third kappa shape index (κ3) is 3.46. The number of non-ortho nitro benzene ring substituents is 1. The molecule has 0 aliphatic carbocycles. The third-order valence-corrected chi connectivity index (χ3v) is 5.33. The fraction of sp³-hybridized carbons (Fsp3) is 0.273. The highest BCUT2D eigenvalue weighted by atomic mass is 16.6. The number of nitrogens with one attached hydrogen (secondary N) is 1. The largest absolute Gasteiger partial charge is 0.385 e. The van der Waals surface area contributed by atoms with Gasteiger partial charge in [-0.3, -0.25) is 20.0 Å². The van der Waals surface area contributed by atoms with Gasteiger partial charge in [0.1, 0.15) is 5.69 Å². The molecule has 0 bridgehead atoms. The van der Waals surface area contributed by atoms with Gasteiger partial charge in [0.2, 0.25) is 0 Å². The van der Waals surface area contributed by atoms with E-state index in [9.17, 15) is 14.9 Å². The Kier molecular flexibility index (Phi) is 5.33. The second-order valence-electron chi connectivity index (χ2n) is 7.33. The normalized spacial score (nSPS) is 15.5. The number of rotatable bonds is 7. The van der Waals surface area contributed by atoms with Gasteiger partial charge in [-0.05, 0) is 18.9 Å². The summed E-state index contributed by atoms with van der Waals surface area (Å²) in [5.74, 6) is -0.163. The van der Waals surface area contributed by atoms with Crippen LogP contribution in [0.5, 0.6) is 0 Å². The summed E-state index contributed by atoms with van der Waals surface area (Å²) in [7, 11) is 1.62. The van der Waals surface area contributed by atoms with Crippen molar-refractivity contribution < 1.29 is 14.5 Å². The number of benzene rings is 2. The van der Waals surface area contributed by atoms with E-state index in [0.29, 0.717) is 36.5 Å². The molecule has 2 heterocycles. The maximum Gasteiger partial charge on any atom is 0.273 e. The summed E-state index contributed by atoms with van der Waals surface area (Å²) in [5, 5.41) is 18.7. The molecule has 154 valence electrons. The Hall–Kier alpha value is -3.52. The van der Waals surface area contributed by atoms with Crippen LogP contribution in [0.25, 0.3) is 11.3 Å². The molecule has 8 heteroatoms. The van der Waals surface area contributed by atoms with Crippen molar-refractivity contribution in [1.82, 2.24) is 15.1 Å². The molecule has 1 aromatic heterocycles. The standard InChI is InChI=1S/C22H22N4O4/c1-14-7-9-15(10-8-14)19-18-20(24-23-19)22(27)25(11-4-12-30-2)21(18)16-5-3-6-17(13-16)26(28)29/h3,5-10,13,21H,4,11-12H2,1-2H3,(H,23,24). The van der Waals surface area contributed by atoms with Crippen molar-refractivity contribution in [2.45, 2.75) is 19.4 Å². The molecule has 1 atom stereocenters. The number of aryl methyl sites for hydroxylation is 1. The van der Waals surface area contributed by atoms with E-state index in [1.807, 2.05) is 37.3 Å². The van der Waals surface area contributed by atoms with Crippen molar-refractivity contribution in [1.29, 1.82) is 0 Å². The van der Waals surface area contributed by atoms with Gasteiger partial charge in [0, 0.05) is 43.5 Å². The number of H-pyrrole nitrogens is 1. The number of nitro benzene ring substituents is 1. The number of hydrogen-bond donors (Lipinski definition) is 1. The Morgan fingerprint density at radius 3 is 2.70 bits per heavy atom. The number of aromatic amines is 1. The molecule has 30 heavy (non-hydrogen) atoms. The number of methoxy groups -OCH3 is 1. The summed E-state index contributed by atoms with van der Waals surface area (Å²) < 4.78 is 5.14. The van der Waals surface area contributed by atoms with Crippen LogP contribution in [0.2, 0.25) is 0 Å². The minimum atomic E-state index is -0.459. The molecule has 0 fully saturated rings. The summed E-state index contributed by atoms with van der Waals surface area (Å²) >= 11 is 0. The van der Waals surface area contributed by atoms with Crippen molar-refractivity contribution in [2.24, 2.45) is 0 Å². The molecule has 1 aliphatic heterocycles. The van der Waals surface area contributed by atoms with Gasteiger partial charge in [0.25, 0.3) is 11.6 Å². The van der Waals surface area contributed by atoms with Gasteiger partial charge in [-0.2, -0.15) is 5.10 Å².